The lowest BCUT2D eigenvalue weighted by Gasteiger charge is -2.23. The maximum atomic E-state index is 5.70. The Balaban J connectivity index is 1.35. The van der Waals surface area contributed by atoms with Crippen molar-refractivity contribution in [2.24, 2.45) is 0 Å². The van der Waals surface area contributed by atoms with Crippen LogP contribution in [0.25, 0.3) is 0 Å². The second-order valence-electron chi connectivity index (χ2n) is 6.63. The van der Waals surface area contributed by atoms with Crippen LogP contribution in [0.2, 0.25) is 0 Å². The van der Waals surface area contributed by atoms with Crippen molar-refractivity contribution in [3.05, 3.63) is 53.6 Å². The van der Waals surface area contributed by atoms with Crippen molar-refractivity contribution in [2.45, 2.75) is 25.9 Å². The average Bonchev–Trinajstić information content (AvgIpc) is 3.10. The Kier molecular flexibility index (Phi) is 4.30. The SMILES string of the molecule is Cc1ccc(CNC2CCN(c3ccc4c(c3)OCCO4)C2)cc1. The largest absolute Gasteiger partial charge is 0.486 e. The maximum Gasteiger partial charge on any atom is 0.163 e. The maximum absolute atomic E-state index is 5.70. The number of nitrogens with one attached hydrogen (secondary N) is 1. The Morgan fingerprint density at radius 1 is 1.04 bits per heavy atom. The topological polar surface area (TPSA) is 33.7 Å². The van der Waals surface area contributed by atoms with E-state index >= 15 is 0 Å². The molecule has 0 bridgehead atoms. The standard InChI is InChI=1S/C20H24N2O2/c1-15-2-4-16(5-3-15)13-21-17-8-9-22(14-17)18-6-7-19-20(12-18)24-11-10-23-19/h2-7,12,17,21H,8-11,13-14H2,1H3. The molecular formula is C20H24N2O2. The molecule has 2 aromatic rings. The molecule has 24 heavy (non-hydrogen) atoms. The highest BCUT2D eigenvalue weighted by atomic mass is 16.6. The number of anilines is 1. The van der Waals surface area contributed by atoms with Crippen LogP contribution in [0.4, 0.5) is 5.69 Å². The summed E-state index contributed by atoms with van der Waals surface area (Å²) in [5, 5.41) is 3.68. The van der Waals surface area contributed by atoms with Crippen molar-refractivity contribution in [2.75, 3.05) is 31.2 Å². The molecule has 1 fully saturated rings. The predicted molar refractivity (Wildman–Crippen MR) is 96.1 cm³/mol. The van der Waals surface area contributed by atoms with Crippen LogP contribution in [0, 0.1) is 6.92 Å². The summed E-state index contributed by atoms with van der Waals surface area (Å²) in [6.07, 6.45) is 1.17. The lowest BCUT2D eigenvalue weighted by molar-refractivity contribution is 0.171. The molecule has 2 aromatic carbocycles. The van der Waals surface area contributed by atoms with Gasteiger partial charge in [-0.3, -0.25) is 0 Å². The Hall–Kier alpha value is -2.20. The van der Waals surface area contributed by atoms with Crippen molar-refractivity contribution in [1.82, 2.24) is 5.32 Å². The number of ether oxygens (including phenoxy) is 2. The number of hydrogen-bond acceptors (Lipinski definition) is 4. The van der Waals surface area contributed by atoms with E-state index in [-0.39, 0.29) is 0 Å². The molecule has 126 valence electrons. The monoisotopic (exact) mass is 324 g/mol. The van der Waals surface area contributed by atoms with Crippen molar-refractivity contribution >= 4 is 5.69 Å². The predicted octanol–water partition coefficient (Wildman–Crippen LogP) is 3.13. The first-order valence-electron chi connectivity index (χ1n) is 8.71. The van der Waals surface area contributed by atoms with Crippen molar-refractivity contribution in [3.8, 4) is 11.5 Å². The fourth-order valence-corrected chi connectivity index (χ4v) is 3.36. The quantitative estimate of drug-likeness (QED) is 0.937. The third kappa shape index (κ3) is 3.34. The van der Waals surface area contributed by atoms with Gasteiger partial charge in [0.15, 0.2) is 11.5 Å². The summed E-state index contributed by atoms with van der Waals surface area (Å²) in [6, 6.07) is 15.6. The molecule has 0 radical (unpaired) electrons. The minimum absolute atomic E-state index is 0.527. The van der Waals surface area contributed by atoms with E-state index in [1.807, 2.05) is 6.07 Å². The molecule has 4 rings (SSSR count). The third-order valence-corrected chi connectivity index (χ3v) is 4.79. The first kappa shape index (κ1) is 15.3. The Labute approximate surface area is 143 Å². The molecule has 1 atom stereocenters. The summed E-state index contributed by atoms with van der Waals surface area (Å²) in [5.41, 5.74) is 3.88. The number of benzene rings is 2. The highest BCUT2D eigenvalue weighted by Crippen LogP contribution is 2.34. The zero-order valence-electron chi connectivity index (χ0n) is 14.1. The van der Waals surface area contributed by atoms with Gasteiger partial charge in [0.25, 0.3) is 0 Å². The van der Waals surface area contributed by atoms with Gasteiger partial charge in [-0.05, 0) is 31.0 Å². The molecule has 0 aliphatic carbocycles. The molecule has 1 unspecified atom stereocenters. The number of hydrogen-bond donors (Lipinski definition) is 1. The van der Waals surface area contributed by atoms with Gasteiger partial charge >= 0.3 is 0 Å². The number of nitrogens with zero attached hydrogens (tertiary/aromatic N) is 1. The summed E-state index contributed by atoms with van der Waals surface area (Å²) in [7, 11) is 0. The summed E-state index contributed by atoms with van der Waals surface area (Å²) in [5.74, 6) is 1.73. The van der Waals surface area contributed by atoms with Crippen molar-refractivity contribution in [1.29, 1.82) is 0 Å². The molecule has 1 N–H and O–H groups in total. The van der Waals surface area contributed by atoms with Gasteiger partial charge < -0.3 is 19.7 Å². The van der Waals surface area contributed by atoms with Gasteiger partial charge in [-0.15, -0.1) is 0 Å². The van der Waals surface area contributed by atoms with E-state index in [1.165, 1.54) is 23.2 Å². The molecule has 2 heterocycles. The van der Waals surface area contributed by atoms with Crippen LogP contribution in [0.5, 0.6) is 11.5 Å². The highest BCUT2D eigenvalue weighted by molar-refractivity contribution is 5.57. The number of fused-ring (bicyclic) bond motifs is 1. The Morgan fingerprint density at radius 2 is 1.83 bits per heavy atom. The number of rotatable bonds is 4. The average molecular weight is 324 g/mol. The summed E-state index contributed by atoms with van der Waals surface area (Å²) >= 11 is 0. The van der Waals surface area contributed by atoms with E-state index in [4.69, 9.17) is 9.47 Å². The Morgan fingerprint density at radius 3 is 2.67 bits per heavy atom. The van der Waals surface area contributed by atoms with Crippen LogP contribution in [0.3, 0.4) is 0 Å². The highest BCUT2D eigenvalue weighted by Gasteiger charge is 2.23. The van der Waals surface area contributed by atoms with Crippen LogP contribution < -0.4 is 19.7 Å². The van der Waals surface area contributed by atoms with Gasteiger partial charge in [0.2, 0.25) is 0 Å². The molecule has 4 heteroatoms. The minimum Gasteiger partial charge on any atom is -0.486 e. The fourth-order valence-electron chi connectivity index (χ4n) is 3.36. The van der Waals surface area contributed by atoms with Gasteiger partial charge in [0.1, 0.15) is 13.2 Å². The number of aryl methyl sites for hydroxylation is 1. The first-order chi connectivity index (χ1) is 11.8. The molecule has 0 amide bonds. The molecule has 0 spiro atoms. The Bertz CT molecular complexity index is 699. The third-order valence-electron chi connectivity index (χ3n) is 4.79. The van der Waals surface area contributed by atoms with E-state index < -0.39 is 0 Å². The van der Waals surface area contributed by atoms with Crippen LogP contribution >= 0.6 is 0 Å². The smallest absolute Gasteiger partial charge is 0.163 e. The molecule has 0 saturated carbocycles. The van der Waals surface area contributed by atoms with E-state index in [1.54, 1.807) is 0 Å². The van der Waals surface area contributed by atoms with Gasteiger partial charge in [0, 0.05) is 37.4 Å². The molecule has 0 aromatic heterocycles. The molecular weight excluding hydrogens is 300 g/mol. The summed E-state index contributed by atoms with van der Waals surface area (Å²) in [6.45, 7) is 6.44. The van der Waals surface area contributed by atoms with E-state index in [2.05, 4.69) is 53.5 Å². The van der Waals surface area contributed by atoms with Crippen molar-refractivity contribution in [3.63, 3.8) is 0 Å². The zero-order chi connectivity index (χ0) is 16.4. The van der Waals surface area contributed by atoms with Crippen LogP contribution in [-0.2, 0) is 6.54 Å². The molecule has 4 nitrogen and oxygen atoms in total. The van der Waals surface area contributed by atoms with Gasteiger partial charge in [-0.2, -0.15) is 0 Å². The fraction of sp³-hybridized carbons (Fsp3) is 0.400. The van der Waals surface area contributed by atoms with Crippen LogP contribution in [0.15, 0.2) is 42.5 Å². The molecule has 2 aliphatic rings. The first-order valence-corrected chi connectivity index (χ1v) is 8.71. The molecule has 1 saturated heterocycles. The normalized spacial score (nSPS) is 19.5. The zero-order valence-corrected chi connectivity index (χ0v) is 14.1. The van der Waals surface area contributed by atoms with E-state index in [9.17, 15) is 0 Å². The molecule has 2 aliphatic heterocycles. The lowest BCUT2D eigenvalue weighted by Crippen LogP contribution is -2.32. The van der Waals surface area contributed by atoms with Crippen LogP contribution in [0.1, 0.15) is 17.5 Å². The van der Waals surface area contributed by atoms with E-state index in [0.29, 0.717) is 19.3 Å². The van der Waals surface area contributed by atoms with Gasteiger partial charge in [-0.1, -0.05) is 29.8 Å². The van der Waals surface area contributed by atoms with Gasteiger partial charge in [0.05, 0.1) is 0 Å². The van der Waals surface area contributed by atoms with E-state index in [0.717, 1.165) is 31.1 Å². The van der Waals surface area contributed by atoms with Crippen molar-refractivity contribution < 1.29 is 9.47 Å². The summed E-state index contributed by atoms with van der Waals surface area (Å²) < 4.78 is 11.3. The lowest BCUT2D eigenvalue weighted by atomic mass is 10.1. The van der Waals surface area contributed by atoms with Crippen LogP contribution in [-0.4, -0.2) is 32.3 Å². The minimum atomic E-state index is 0.527. The second kappa shape index (κ2) is 6.73. The van der Waals surface area contributed by atoms with Gasteiger partial charge in [-0.25, -0.2) is 0 Å². The summed E-state index contributed by atoms with van der Waals surface area (Å²) in [4.78, 5) is 2.42. The second-order valence-corrected chi connectivity index (χ2v) is 6.63.